The van der Waals surface area contributed by atoms with Crippen LogP contribution in [0.5, 0.6) is 11.5 Å². The van der Waals surface area contributed by atoms with E-state index in [1.807, 2.05) is 0 Å². The van der Waals surface area contributed by atoms with Gasteiger partial charge in [0, 0.05) is 36.6 Å². The molecule has 0 unspecified atom stereocenters. The Balaban J connectivity index is 1.47. The Morgan fingerprint density at radius 1 is 0.848 bits per heavy atom. The highest BCUT2D eigenvalue weighted by Gasteiger charge is 2.56. The number of nitro benzene ring substituents is 2. The maximum absolute atomic E-state index is 14.4. The Morgan fingerprint density at radius 2 is 1.52 bits per heavy atom. The Labute approximate surface area is 255 Å². The summed E-state index contributed by atoms with van der Waals surface area (Å²) in [6.07, 6.45) is -5.53. The average Bonchev–Trinajstić information content (AvgIpc) is 2.98. The van der Waals surface area contributed by atoms with E-state index in [9.17, 15) is 56.2 Å². The summed E-state index contributed by atoms with van der Waals surface area (Å²) in [5, 5.41) is 22.0. The number of halogens is 6. The summed E-state index contributed by atoms with van der Waals surface area (Å²) < 4.78 is 92.0. The van der Waals surface area contributed by atoms with Crippen LogP contribution >= 0.6 is 0 Å². The fraction of sp³-hybridized carbons (Fsp3) is 0.241. The minimum Gasteiger partial charge on any atom is -0.493 e. The fourth-order valence-corrected chi connectivity index (χ4v) is 3.71. The summed E-state index contributed by atoms with van der Waals surface area (Å²) >= 11 is 0. The monoisotopic (exact) mass is 656 g/mol. The van der Waals surface area contributed by atoms with Gasteiger partial charge in [-0.05, 0) is 48.4 Å². The summed E-state index contributed by atoms with van der Waals surface area (Å²) in [7, 11) is 0. The number of alkyl halides is 5. The van der Waals surface area contributed by atoms with Crippen molar-refractivity contribution in [2.24, 2.45) is 0 Å². The predicted molar refractivity (Wildman–Crippen MR) is 147 cm³/mol. The maximum Gasteiger partial charge on any atom is 0.453 e. The van der Waals surface area contributed by atoms with E-state index in [0.29, 0.717) is 5.56 Å². The molecule has 3 aromatic rings. The van der Waals surface area contributed by atoms with Crippen LogP contribution in [0.3, 0.4) is 0 Å². The first-order valence-corrected chi connectivity index (χ1v) is 13.0. The molecule has 46 heavy (non-hydrogen) atoms. The number of hydrogen-bond donors (Lipinski definition) is 0. The Bertz CT molecular complexity index is 1630. The molecule has 0 spiro atoms. The molecule has 0 aliphatic heterocycles. The summed E-state index contributed by atoms with van der Waals surface area (Å²) in [6, 6.07) is 11.5. The molecular weight excluding hydrogens is 634 g/mol. The number of carbonyl (C=O) groups is 2. The molecule has 17 heteroatoms. The molecule has 0 N–H and O–H groups in total. The molecule has 0 aliphatic rings. The quantitative estimate of drug-likeness (QED) is 0.0340. The fourth-order valence-electron chi connectivity index (χ4n) is 3.71. The van der Waals surface area contributed by atoms with Crippen molar-refractivity contribution in [3.05, 3.63) is 109 Å². The highest BCUT2D eigenvalue weighted by Crippen LogP contribution is 2.38. The van der Waals surface area contributed by atoms with E-state index in [4.69, 9.17) is 14.2 Å². The van der Waals surface area contributed by atoms with Crippen molar-refractivity contribution in [2.75, 3.05) is 13.2 Å². The molecule has 0 saturated carbocycles. The molecule has 0 fully saturated rings. The number of benzene rings is 3. The Morgan fingerprint density at radius 3 is 2.13 bits per heavy atom. The predicted octanol–water partition coefficient (Wildman–Crippen LogP) is 7.02. The lowest BCUT2D eigenvalue weighted by molar-refractivity contribution is -0.394. The third-order valence-corrected chi connectivity index (χ3v) is 6.07. The lowest BCUT2D eigenvalue weighted by Crippen LogP contribution is -2.36. The number of carbonyl (C=O) groups excluding carboxylic acids is 2. The van der Waals surface area contributed by atoms with Crippen LogP contribution < -0.4 is 9.47 Å². The van der Waals surface area contributed by atoms with E-state index in [1.54, 1.807) is 0 Å². The number of esters is 2. The highest BCUT2D eigenvalue weighted by atomic mass is 19.4. The van der Waals surface area contributed by atoms with Gasteiger partial charge in [-0.25, -0.2) is 14.0 Å². The number of non-ortho nitro benzene ring substituents is 1. The summed E-state index contributed by atoms with van der Waals surface area (Å²) in [5.41, 5.74) is -0.854. The maximum atomic E-state index is 14.4. The van der Waals surface area contributed by atoms with Gasteiger partial charge >= 0.3 is 24.0 Å². The van der Waals surface area contributed by atoms with Gasteiger partial charge in [0.05, 0.1) is 34.7 Å². The smallest absolute Gasteiger partial charge is 0.453 e. The summed E-state index contributed by atoms with van der Waals surface area (Å²) in [6.45, 7) is -0.804. The standard InChI is InChI=1S/C29H22F6N2O9/c30-24-17-22(44-14-1-13-28(31,32)29(33,34)35)9-10-23(24)27(39)46-21-7-2-18(3-8-21)4-11-26(38)45-15-12-19-5-6-20(36(40)41)16-25(19)37(42)43/h2-11,16-17H,1,12-15H2/b11-4+. The van der Waals surface area contributed by atoms with Gasteiger partial charge in [0.1, 0.15) is 17.3 Å². The SMILES string of the molecule is O=C(/C=C/c1ccc(OC(=O)c2ccc(OCCCC(F)(F)C(F)(F)F)cc2F)cc1)OCCc1ccc([N+](=O)[O-])cc1[N+](=O)[O-]. The van der Waals surface area contributed by atoms with Gasteiger partial charge in [0.25, 0.3) is 11.4 Å². The highest BCUT2D eigenvalue weighted by molar-refractivity contribution is 5.91. The average molecular weight is 656 g/mol. The van der Waals surface area contributed by atoms with E-state index in [2.05, 4.69) is 0 Å². The van der Waals surface area contributed by atoms with Gasteiger partial charge in [0.2, 0.25) is 0 Å². The minimum atomic E-state index is -5.69. The number of ether oxygens (including phenoxy) is 3. The van der Waals surface area contributed by atoms with Crippen LogP contribution in [0.2, 0.25) is 0 Å². The van der Waals surface area contributed by atoms with E-state index in [0.717, 1.165) is 36.4 Å². The van der Waals surface area contributed by atoms with Crippen LogP contribution in [-0.2, 0) is 16.0 Å². The second-order valence-corrected chi connectivity index (χ2v) is 9.33. The van der Waals surface area contributed by atoms with Crippen molar-refractivity contribution in [1.29, 1.82) is 0 Å². The van der Waals surface area contributed by atoms with E-state index in [-0.39, 0.29) is 30.1 Å². The van der Waals surface area contributed by atoms with Crippen molar-refractivity contribution in [1.82, 2.24) is 0 Å². The third-order valence-electron chi connectivity index (χ3n) is 6.07. The molecule has 0 amide bonds. The summed E-state index contributed by atoms with van der Waals surface area (Å²) in [5.74, 6) is -8.07. The van der Waals surface area contributed by atoms with Crippen molar-refractivity contribution in [2.45, 2.75) is 31.4 Å². The van der Waals surface area contributed by atoms with E-state index < -0.39 is 76.1 Å². The molecule has 0 atom stereocenters. The molecule has 0 bridgehead atoms. The topological polar surface area (TPSA) is 148 Å². The van der Waals surface area contributed by atoms with Gasteiger partial charge in [-0.3, -0.25) is 20.2 Å². The first kappa shape index (κ1) is 35.0. The molecular formula is C29H22F6N2O9. The van der Waals surface area contributed by atoms with Gasteiger partial charge in [-0.15, -0.1) is 0 Å². The summed E-state index contributed by atoms with van der Waals surface area (Å²) in [4.78, 5) is 44.9. The molecule has 0 aromatic heterocycles. The molecule has 244 valence electrons. The van der Waals surface area contributed by atoms with Crippen molar-refractivity contribution < 1.29 is 60.0 Å². The van der Waals surface area contributed by atoms with Crippen LogP contribution in [-0.4, -0.2) is 47.1 Å². The largest absolute Gasteiger partial charge is 0.493 e. The van der Waals surface area contributed by atoms with Gasteiger partial charge in [0.15, 0.2) is 0 Å². The lowest BCUT2D eigenvalue weighted by atomic mass is 10.1. The number of hydrogen-bond acceptors (Lipinski definition) is 9. The van der Waals surface area contributed by atoms with E-state index >= 15 is 0 Å². The van der Waals surface area contributed by atoms with Gasteiger partial charge in [-0.2, -0.15) is 22.0 Å². The molecule has 0 saturated heterocycles. The second-order valence-electron chi connectivity index (χ2n) is 9.33. The van der Waals surface area contributed by atoms with E-state index in [1.165, 1.54) is 36.4 Å². The van der Waals surface area contributed by atoms with Gasteiger partial charge < -0.3 is 14.2 Å². The zero-order valence-electron chi connectivity index (χ0n) is 23.3. The Hall–Kier alpha value is -5.48. The van der Waals surface area contributed by atoms with Crippen molar-refractivity contribution >= 4 is 29.4 Å². The zero-order valence-corrected chi connectivity index (χ0v) is 23.3. The molecule has 0 aliphatic carbocycles. The Kier molecular flexibility index (Phi) is 11.4. The first-order chi connectivity index (χ1) is 21.6. The van der Waals surface area contributed by atoms with Gasteiger partial charge in [-0.1, -0.05) is 12.1 Å². The minimum absolute atomic E-state index is 0.000242. The lowest BCUT2D eigenvalue weighted by Gasteiger charge is -2.19. The van der Waals surface area contributed by atoms with Crippen LogP contribution in [0, 0.1) is 26.0 Å². The van der Waals surface area contributed by atoms with Crippen LogP contribution in [0.4, 0.5) is 37.7 Å². The normalized spacial score (nSPS) is 11.7. The number of nitrogens with zero attached hydrogens (tertiary/aromatic N) is 2. The second kappa shape index (κ2) is 15.0. The van der Waals surface area contributed by atoms with Crippen molar-refractivity contribution in [3.63, 3.8) is 0 Å². The van der Waals surface area contributed by atoms with Crippen LogP contribution in [0.25, 0.3) is 6.08 Å². The van der Waals surface area contributed by atoms with Crippen LogP contribution in [0.15, 0.2) is 66.7 Å². The zero-order chi connectivity index (χ0) is 34.1. The molecule has 11 nitrogen and oxygen atoms in total. The molecule has 0 heterocycles. The molecule has 0 radical (unpaired) electrons. The number of rotatable bonds is 14. The number of nitro groups is 2. The van der Waals surface area contributed by atoms with Crippen LogP contribution in [0.1, 0.15) is 34.3 Å². The molecule has 3 rings (SSSR count). The van der Waals surface area contributed by atoms with Crippen molar-refractivity contribution in [3.8, 4) is 11.5 Å². The first-order valence-electron chi connectivity index (χ1n) is 13.0. The molecule has 3 aromatic carbocycles. The third kappa shape index (κ3) is 9.76.